The highest BCUT2D eigenvalue weighted by Gasteiger charge is 2.05. The first kappa shape index (κ1) is 23.1. The molecule has 150 valence electrons. The number of phenolic OH excluding ortho intramolecular Hbond substituents is 1. The highest BCUT2D eigenvalue weighted by molar-refractivity contribution is 14.0. The van der Waals surface area contributed by atoms with Gasteiger partial charge in [0.15, 0.2) is 5.96 Å². The number of ether oxygens (including phenoxy) is 1. The molecule has 0 fully saturated rings. The zero-order valence-electron chi connectivity index (χ0n) is 16.5. The Hall–Kier alpha value is -1.97. The van der Waals surface area contributed by atoms with Gasteiger partial charge in [-0.2, -0.15) is 5.10 Å². The largest absolute Gasteiger partial charge is 0.508 e. The molecule has 0 amide bonds. The number of aromatic nitrogens is 2. The topological polar surface area (TPSA) is 83.7 Å². The lowest BCUT2D eigenvalue weighted by Gasteiger charge is -2.12. The molecule has 0 aliphatic heterocycles. The third kappa shape index (κ3) is 7.28. The van der Waals surface area contributed by atoms with Gasteiger partial charge in [-0.05, 0) is 51.5 Å². The quantitative estimate of drug-likeness (QED) is 0.231. The van der Waals surface area contributed by atoms with Gasteiger partial charge >= 0.3 is 0 Å². The van der Waals surface area contributed by atoms with Crippen LogP contribution in [0.5, 0.6) is 11.5 Å². The Balaban J connectivity index is 0.00000364. The van der Waals surface area contributed by atoms with Crippen molar-refractivity contribution in [2.75, 3.05) is 20.2 Å². The van der Waals surface area contributed by atoms with Crippen molar-refractivity contribution < 1.29 is 9.84 Å². The van der Waals surface area contributed by atoms with Crippen LogP contribution >= 0.6 is 24.0 Å². The summed E-state index contributed by atoms with van der Waals surface area (Å²) in [5.41, 5.74) is 2.95. The number of nitrogens with zero attached hydrogens (tertiary/aromatic N) is 3. The highest BCUT2D eigenvalue weighted by Crippen LogP contribution is 2.23. The molecule has 2 aromatic rings. The maximum Gasteiger partial charge on any atom is 0.191 e. The molecule has 0 atom stereocenters. The second kappa shape index (κ2) is 11.7. The number of benzene rings is 1. The van der Waals surface area contributed by atoms with Gasteiger partial charge in [0.1, 0.15) is 11.5 Å². The number of hydrogen-bond acceptors (Lipinski definition) is 4. The van der Waals surface area contributed by atoms with Crippen LogP contribution in [0.15, 0.2) is 29.3 Å². The van der Waals surface area contributed by atoms with E-state index in [0.29, 0.717) is 12.3 Å². The summed E-state index contributed by atoms with van der Waals surface area (Å²) in [5, 5.41) is 21.0. The Bertz CT molecular complexity index is 746. The summed E-state index contributed by atoms with van der Waals surface area (Å²) in [5.74, 6) is 1.65. The zero-order chi connectivity index (χ0) is 18.9. The van der Waals surface area contributed by atoms with Gasteiger partial charge in [-0.15, -0.1) is 24.0 Å². The molecule has 2 rings (SSSR count). The molecule has 0 unspecified atom stereocenters. The van der Waals surface area contributed by atoms with E-state index in [1.165, 1.54) is 5.69 Å². The number of halogens is 1. The van der Waals surface area contributed by atoms with Gasteiger partial charge in [0.2, 0.25) is 0 Å². The molecule has 1 aromatic carbocycles. The zero-order valence-corrected chi connectivity index (χ0v) is 18.8. The number of hydrogen-bond donors (Lipinski definition) is 3. The summed E-state index contributed by atoms with van der Waals surface area (Å²) < 4.78 is 7.22. The normalized spacial score (nSPS) is 11.0. The smallest absolute Gasteiger partial charge is 0.191 e. The summed E-state index contributed by atoms with van der Waals surface area (Å²) in [4.78, 5) is 4.54. The summed E-state index contributed by atoms with van der Waals surface area (Å²) >= 11 is 0. The molecule has 0 aliphatic carbocycles. The Morgan fingerprint density at radius 2 is 2.04 bits per heavy atom. The van der Waals surface area contributed by atoms with Crippen LogP contribution in [-0.4, -0.2) is 41.0 Å². The lowest BCUT2D eigenvalue weighted by molar-refractivity contribution is 0.411. The summed E-state index contributed by atoms with van der Waals surface area (Å²) in [7, 11) is 1.61. The average molecular weight is 487 g/mol. The number of aliphatic imine (C=N–C) groups is 1. The third-order valence-electron chi connectivity index (χ3n) is 3.98. The van der Waals surface area contributed by atoms with E-state index in [4.69, 9.17) is 4.74 Å². The summed E-state index contributed by atoms with van der Waals surface area (Å²) in [6, 6.07) is 7.23. The Labute approximate surface area is 178 Å². The van der Waals surface area contributed by atoms with E-state index in [2.05, 4.69) is 33.7 Å². The lowest BCUT2D eigenvalue weighted by atomic mass is 10.2. The molecule has 7 nitrogen and oxygen atoms in total. The van der Waals surface area contributed by atoms with Gasteiger partial charge < -0.3 is 20.5 Å². The van der Waals surface area contributed by atoms with E-state index in [0.717, 1.165) is 43.3 Å². The SMILES string of the molecule is CCNC(=NCc1cc(OC)ccc1O)NCCCn1nc(C)cc1C.I. The number of aromatic hydroxyl groups is 1. The predicted octanol–water partition coefficient (Wildman–Crippen LogP) is 2.98. The van der Waals surface area contributed by atoms with Gasteiger partial charge in [0.25, 0.3) is 0 Å². The van der Waals surface area contributed by atoms with Crippen LogP contribution in [0.4, 0.5) is 0 Å². The standard InChI is InChI=1S/C19H29N5O2.HI/c1-5-20-19(21-9-6-10-24-15(3)11-14(2)23-24)22-13-16-12-17(26-4)7-8-18(16)25;/h7-8,11-12,25H,5-6,9-10,13H2,1-4H3,(H2,20,21,22);1H. The van der Waals surface area contributed by atoms with Gasteiger partial charge in [-0.25, -0.2) is 4.99 Å². The molecule has 1 heterocycles. The van der Waals surface area contributed by atoms with Crippen molar-refractivity contribution in [3.05, 3.63) is 41.2 Å². The van der Waals surface area contributed by atoms with Gasteiger partial charge in [-0.1, -0.05) is 0 Å². The number of nitrogens with one attached hydrogen (secondary N) is 2. The van der Waals surface area contributed by atoms with Crippen LogP contribution in [-0.2, 0) is 13.1 Å². The van der Waals surface area contributed by atoms with E-state index < -0.39 is 0 Å². The van der Waals surface area contributed by atoms with Gasteiger partial charge in [0.05, 0.1) is 19.3 Å². The number of guanidine groups is 1. The van der Waals surface area contributed by atoms with Crippen LogP contribution in [0, 0.1) is 13.8 Å². The van der Waals surface area contributed by atoms with Crippen molar-refractivity contribution in [2.24, 2.45) is 4.99 Å². The molecule has 8 heteroatoms. The molecule has 0 saturated carbocycles. The summed E-state index contributed by atoms with van der Waals surface area (Å²) in [6.45, 7) is 8.89. The fraction of sp³-hybridized carbons (Fsp3) is 0.474. The van der Waals surface area contributed by atoms with E-state index in [1.807, 2.05) is 18.5 Å². The van der Waals surface area contributed by atoms with E-state index in [-0.39, 0.29) is 29.7 Å². The van der Waals surface area contributed by atoms with Crippen LogP contribution in [0.2, 0.25) is 0 Å². The van der Waals surface area contributed by atoms with E-state index in [9.17, 15) is 5.11 Å². The fourth-order valence-electron chi connectivity index (χ4n) is 2.66. The Morgan fingerprint density at radius 3 is 2.67 bits per heavy atom. The maximum absolute atomic E-state index is 9.97. The molecule has 0 spiro atoms. The highest BCUT2D eigenvalue weighted by atomic mass is 127. The van der Waals surface area contributed by atoms with Crippen LogP contribution in [0.1, 0.15) is 30.3 Å². The van der Waals surface area contributed by atoms with Gasteiger partial charge in [-0.3, -0.25) is 4.68 Å². The number of phenols is 1. The van der Waals surface area contributed by atoms with Crippen LogP contribution < -0.4 is 15.4 Å². The molecule has 1 aromatic heterocycles. The molecule has 0 bridgehead atoms. The minimum atomic E-state index is 0. The molecular formula is C19H30IN5O2. The van der Waals surface area contributed by atoms with Crippen molar-refractivity contribution in [3.8, 4) is 11.5 Å². The first-order chi connectivity index (χ1) is 12.5. The lowest BCUT2D eigenvalue weighted by Crippen LogP contribution is -2.38. The minimum Gasteiger partial charge on any atom is -0.508 e. The fourth-order valence-corrected chi connectivity index (χ4v) is 2.66. The van der Waals surface area contributed by atoms with Crippen molar-refractivity contribution in [1.29, 1.82) is 0 Å². The Kier molecular flexibility index (Phi) is 9.98. The maximum atomic E-state index is 9.97. The molecule has 0 radical (unpaired) electrons. The van der Waals surface area contributed by atoms with Crippen molar-refractivity contribution >= 4 is 29.9 Å². The van der Waals surface area contributed by atoms with Crippen molar-refractivity contribution in [3.63, 3.8) is 0 Å². The number of rotatable bonds is 8. The van der Waals surface area contributed by atoms with Crippen molar-refractivity contribution in [1.82, 2.24) is 20.4 Å². The van der Waals surface area contributed by atoms with Crippen LogP contribution in [0.25, 0.3) is 0 Å². The molecule has 27 heavy (non-hydrogen) atoms. The number of aryl methyl sites for hydroxylation is 3. The average Bonchev–Trinajstić information content (AvgIpc) is 2.95. The molecule has 3 N–H and O–H groups in total. The first-order valence-corrected chi connectivity index (χ1v) is 8.92. The second-order valence-electron chi connectivity index (χ2n) is 6.12. The Morgan fingerprint density at radius 1 is 1.26 bits per heavy atom. The molecule has 0 saturated heterocycles. The molecular weight excluding hydrogens is 457 g/mol. The van der Waals surface area contributed by atoms with E-state index >= 15 is 0 Å². The minimum absolute atomic E-state index is 0. The van der Waals surface area contributed by atoms with E-state index in [1.54, 1.807) is 25.3 Å². The monoisotopic (exact) mass is 487 g/mol. The first-order valence-electron chi connectivity index (χ1n) is 8.92. The molecule has 0 aliphatic rings. The second-order valence-corrected chi connectivity index (χ2v) is 6.12. The van der Waals surface area contributed by atoms with Crippen LogP contribution in [0.3, 0.4) is 0 Å². The predicted molar refractivity (Wildman–Crippen MR) is 119 cm³/mol. The summed E-state index contributed by atoms with van der Waals surface area (Å²) in [6.07, 6.45) is 0.941. The number of methoxy groups -OCH3 is 1. The third-order valence-corrected chi connectivity index (χ3v) is 3.98. The van der Waals surface area contributed by atoms with Gasteiger partial charge in [0, 0.05) is 30.9 Å². The van der Waals surface area contributed by atoms with Crippen molar-refractivity contribution in [2.45, 2.75) is 40.3 Å².